The molecule has 0 atom stereocenters. The van der Waals surface area contributed by atoms with Crippen LogP contribution in [0.5, 0.6) is 0 Å². The summed E-state index contributed by atoms with van der Waals surface area (Å²) in [6.45, 7) is 1.22. The molecule has 116 valence electrons. The molecule has 7 heteroatoms. The first-order valence-corrected chi connectivity index (χ1v) is 7.98. The van der Waals surface area contributed by atoms with E-state index in [4.69, 9.17) is 4.42 Å². The van der Waals surface area contributed by atoms with Crippen molar-refractivity contribution >= 4 is 44.5 Å². The lowest BCUT2D eigenvalue weighted by Gasteiger charge is -2.33. The number of fused-ring (bicyclic) bond motifs is 2. The summed E-state index contributed by atoms with van der Waals surface area (Å²) in [5.74, 6) is 1.33. The lowest BCUT2D eigenvalue weighted by atomic mass is 10.2. The van der Waals surface area contributed by atoms with Gasteiger partial charge in [0.1, 0.15) is 0 Å². The molecule has 3 aromatic rings. The molecule has 0 saturated carbocycles. The fourth-order valence-corrected chi connectivity index (χ4v) is 2.95. The van der Waals surface area contributed by atoms with E-state index in [1.807, 2.05) is 36.2 Å². The average molecular weight is 373 g/mol. The molecule has 4 rings (SSSR count). The van der Waals surface area contributed by atoms with Crippen LogP contribution in [-0.2, 0) is 0 Å². The monoisotopic (exact) mass is 372 g/mol. The first-order chi connectivity index (χ1) is 11.1. The van der Waals surface area contributed by atoms with Crippen LogP contribution in [0.25, 0.3) is 11.0 Å². The summed E-state index contributed by atoms with van der Waals surface area (Å²) in [5, 5.41) is 0. The Morgan fingerprint density at radius 2 is 1.78 bits per heavy atom. The van der Waals surface area contributed by atoms with Crippen LogP contribution in [0.15, 0.2) is 45.5 Å². The summed E-state index contributed by atoms with van der Waals surface area (Å²) in [6, 6.07) is 11.0. The summed E-state index contributed by atoms with van der Waals surface area (Å²) < 4.78 is 5.92. The van der Waals surface area contributed by atoms with Crippen molar-refractivity contribution in [3.8, 4) is 0 Å². The minimum Gasteiger partial charge on any atom is -0.444 e. The first-order valence-electron chi connectivity index (χ1n) is 7.18. The van der Waals surface area contributed by atoms with Gasteiger partial charge in [0, 0.05) is 20.1 Å². The Morgan fingerprint density at radius 1 is 1.09 bits per heavy atom. The second-order valence-electron chi connectivity index (χ2n) is 5.34. The summed E-state index contributed by atoms with van der Waals surface area (Å²) in [5.41, 5.74) is 1.58. The molecule has 1 aliphatic rings. The first kappa shape index (κ1) is 14.2. The van der Waals surface area contributed by atoms with Gasteiger partial charge in [-0.15, -0.1) is 0 Å². The van der Waals surface area contributed by atoms with E-state index in [-0.39, 0.29) is 11.7 Å². The normalized spacial score (nSPS) is 14.2. The number of anilines is 2. The lowest BCUT2D eigenvalue weighted by molar-refractivity contribution is 0.0958. The van der Waals surface area contributed by atoms with Crippen LogP contribution in [0, 0.1) is 0 Å². The Balaban J connectivity index is 1.84. The Kier molecular flexibility index (Phi) is 3.30. The fourth-order valence-electron chi connectivity index (χ4n) is 2.64. The standard InChI is InChI=1S/C16H13BrN4O2/c1-20-8-9-21(16(22)12-6-7-13(17)23-12)15-14(20)18-10-4-2-3-5-11(10)19-15/h2-7H,8-9H2,1H3. The molecule has 23 heavy (non-hydrogen) atoms. The van der Waals surface area contributed by atoms with Crippen LogP contribution in [-0.4, -0.2) is 36.0 Å². The van der Waals surface area contributed by atoms with Gasteiger partial charge in [0.15, 0.2) is 22.1 Å². The molecule has 6 nitrogen and oxygen atoms in total. The minimum atomic E-state index is -0.213. The maximum atomic E-state index is 12.7. The number of benzene rings is 1. The van der Waals surface area contributed by atoms with Crippen LogP contribution in [0.3, 0.4) is 0 Å². The van der Waals surface area contributed by atoms with Crippen molar-refractivity contribution in [2.45, 2.75) is 0 Å². The van der Waals surface area contributed by atoms with Gasteiger partial charge in [-0.3, -0.25) is 9.69 Å². The highest BCUT2D eigenvalue weighted by atomic mass is 79.9. The predicted molar refractivity (Wildman–Crippen MR) is 90.9 cm³/mol. The van der Waals surface area contributed by atoms with E-state index in [1.165, 1.54) is 0 Å². The SMILES string of the molecule is CN1CCN(C(=O)c2ccc(Br)o2)c2nc3ccccc3nc21. The minimum absolute atomic E-state index is 0.213. The molecule has 0 unspecified atom stereocenters. The van der Waals surface area contributed by atoms with E-state index in [1.54, 1.807) is 17.0 Å². The summed E-state index contributed by atoms with van der Waals surface area (Å²) >= 11 is 3.22. The lowest BCUT2D eigenvalue weighted by Crippen LogP contribution is -2.43. The number of likely N-dealkylation sites (N-methyl/N-ethyl adjacent to an activating group) is 1. The molecule has 1 aromatic carbocycles. The van der Waals surface area contributed by atoms with Gasteiger partial charge < -0.3 is 9.32 Å². The molecule has 3 heterocycles. The third-order valence-electron chi connectivity index (χ3n) is 3.84. The van der Waals surface area contributed by atoms with Gasteiger partial charge in [-0.2, -0.15) is 0 Å². The number of carbonyl (C=O) groups excluding carboxylic acids is 1. The Morgan fingerprint density at radius 3 is 2.43 bits per heavy atom. The molecule has 0 fully saturated rings. The summed E-state index contributed by atoms with van der Waals surface area (Å²) in [6.07, 6.45) is 0. The zero-order chi connectivity index (χ0) is 16.0. The molecule has 0 bridgehead atoms. The number of aromatic nitrogens is 2. The number of rotatable bonds is 1. The maximum absolute atomic E-state index is 12.7. The largest absolute Gasteiger partial charge is 0.444 e. The molecule has 1 aliphatic heterocycles. The van der Waals surface area contributed by atoms with Gasteiger partial charge in [-0.1, -0.05) is 12.1 Å². The Bertz CT molecular complexity index is 908. The molecule has 0 N–H and O–H groups in total. The van der Waals surface area contributed by atoms with E-state index in [9.17, 15) is 4.79 Å². The van der Waals surface area contributed by atoms with E-state index >= 15 is 0 Å². The van der Waals surface area contributed by atoms with Gasteiger partial charge in [0.2, 0.25) is 0 Å². The quantitative estimate of drug-likeness (QED) is 0.656. The second-order valence-corrected chi connectivity index (χ2v) is 6.12. The van der Waals surface area contributed by atoms with Gasteiger partial charge in [-0.25, -0.2) is 9.97 Å². The summed E-state index contributed by atoms with van der Waals surface area (Å²) in [4.78, 5) is 25.7. The number of halogens is 1. The molecule has 1 amide bonds. The molecule has 0 radical (unpaired) electrons. The third-order valence-corrected chi connectivity index (χ3v) is 4.27. The van der Waals surface area contributed by atoms with Crippen molar-refractivity contribution in [3.05, 3.63) is 46.8 Å². The van der Waals surface area contributed by atoms with Gasteiger partial charge in [-0.05, 0) is 40.2 Å². The van der Waals surface area contributed by atoms with Crippen molar-refractivity contribution in [2.24, 2.45) is 0 Å². The zero-order valence-corrected chi connectivity index (χ0v) is 13.9. The second kappa shape index (κ2) is 5.34. The topological polar surface area (TPSA) is 62.5 Å². The maximum Gasteiger partial charge on any atom is 0.295 e. The zero-order valence-electron chi connectivity index (χ0n) is 12.4. The number of para-hydroxylation sites is 2. The number of hydrogen-bond donors (Lipinski definition) is 0. The predicted octanol–water partition coefficient (Wildman–Crippen LogP) is 3.08. The molecular formula is C16H13BrN4O2. The van der Waals surface area contributed by atoms with Gasteiger partial charge >= 0.3 is 0 Å². The van der Waals surface area contributed by atoms with Gasteiger partial charge in [0.25, 0.3) is 5.91 Å². The Hall–Kier alpha value is -2.41. The highest BCUT2D eigenvalue weighted by Crippen LogP contribution is 2.31. The number of carbonyl (C=O) groups is 1. The smallest absolute Gasteiger partial charge is 0.295 e. The van der Waals surface area contributed by atoms with Crippen LogP contribution < -0.4 is 9.80 Å². The average Bonchev–Trinajstić information content (AvgIpc) is 3.00. The van der Waals surface area contributed by atoms with E-state index in [0.717, 1.165) is 11.0 Å². The van der Waals surface area contributed by atoms with Crippen molar-refractivity contribution in [1.29, 1.82) is 0 Å². The molecule has 2 aromatic heterocycles. The van der Waals surface area contributed by atoms with Crippen molar-refractivity contribution in [3.63, 3.8) is 0 Å². The van der Waals surface area contributed by atoms with E-state index < -0.39 is 0 Å². The van der Waals surface area contributed by atoms with Crippen LogP contribution in [0.1, 0.15) is 10.6 Å². The molecule has 0 saturated heterocycles. The van der Waals surface area contributed by atoms with E-state index in [0.29, 0.717) is 29.4 Å². The van der Waals surface area contributed by atoms with Crippen LogP contribution in [0.2, 0.25) is 0 Å². The number of amides is 1. The highest BCUT2D eigenvalue weighted by Gasteiger charge is 2.30. The number of nitrogens with zero attached hydrogens (tertiary/aromatic N) is 4. The summed E-state index contributed by atoms with van der Waals surface area (Å²) in [7, 11) is 1.95. The van der Waals surface area contributed by atoms with Crippen molar-refractivity contribution < 1.29 is 9.21 Å². The molecule has 0 aliphatic carbocycles. The highest BCUT2D eigenvalue weighted by molar-refractivity contribution is 9.10. The van der Waals surface area contributed by atoms with Crippen molar-refractivity contribution in [1.82, 2.24) is 9.97 Å². The third kappa shape index (κ3) is 2.37. The van der Waals surface area contributed by atoms with Gasteiger partial charge in [0.05, 0.1) is 11.0 Å². The number of hydrogen-bond acceptors (Lipinski definition) is 5. The van der Waals surface area contributed by atoms with Crippen molar-refractivity contribution in [2.75, 3.05) is 29.9 Å². The molecule has 0 spiro atoms. The van der Waals surface area contributed by atoms with Crippen LogP contribution >= 0.6 is 15.9 Å². The van der Waals surface area contributed by atoms with Crippen LogP contribution in [0.4, 0.5) is 11.6 Å². The fraction of sp³-hybridized carbons (Fsp3) is 0.188. The van der Waals surface area contributed by atoms with E-state index in [2.05, 4.69) is 25.9 Å². The molecular weight excluding hydrogens is 360 g/mol. The number of furan rings is 1. The Labute approximate surface area is 140 Å².